The number of nitrogens with one attached hydrogen (secondary N) is 1. The zero-order valence-electron chi connectivity index (χ0n) is 23.8. The van der Waals surface area contributed by atoms with Crippen LogP contribution in [0.15, 0.2) is 66.0 Å². The Morgan fingerprint density at radius 1 is 1.17 bits per heavy atom. The number of rotatable bonds is 7. The van der Waals surface area contributed by atoms with Crippen LogP contribution >= 0.6 is 0 Å². The summed E-state index contributed by atoms with van der Waals surface area (Å²) in [5.74, 6) is 7.07. The third kappa shape index (κ3) is 6.33. The molecule has 0 atom stereocenters. The molecule has 0 radical (unpaired) electrons. The first-order valence-electron chi connectivity index (χ1n) is 13.6. The molecule has 1 saturated heterocycles. The first-order chi connectivity index (χ1) is 20.3. The van der Waals surface area contributed by atoms with Gasteiger partial charge in [-0.15, -0.1) is 6.58 Å². The van der Waals surface area contributed by atoms with Gasteiger partial charge in [-0.3, -0.25) is 23.6 Å². The normalized spacial score (nSPS) is 12.3. The predicted molar refractivity (Wildman–Crippen MR) is 164 cm³/mol. The number of nitrogens with two attached hydrogens (primary N) is 2. The summed E-state index contributed by atoms with van der Waals surface area (Å²) in [4.78, 5) is 42.7. The number of para-hydroxylation sites is 1. The van der Waals surface area contributed by atoms with Gasteiger partial charge in [0, 0.05) is 38.5 Å². The van der Waals surface area contributed by atoms with Crippen molar-refractivity contribution in [2.75, 3.05) is 30.7 Å². The van der Waals surface area contributed by atoms with E-state index in [9.17, 15) is 14.4 Å². The van der Waals surface area contributed by atoms with Crippen molar-refractivity contribution in [1.29, 1.82) is 0 Å². The molecular weight excluding hydrogens is 532 g/mol. The van der Waals surface area contributed by atoms with Crippen molar-refractivity contribution in [1.82, 2.24) is 24.2 Å². The van der Waals surface area contributed by atoms with Crippen molar-refractivity contribution >= 4 is 34.4 Å². The zero-order valence-corrected chi connectivity index (χ0v) is 23.8. The van der Waals surface area contributed by atoms with E-state index in [-0.39, 0.29) is 22.8 Å². The topological polar surface area (TPSA) is 154 Å². The van der Waals surface area contributed by atoms with Crippen molar-refractivity contribution in [3.63, 3.8) is 0 Å². The Kier molecular flexibility index (Phi) is 9.39. The SMILES string of the molecule is C=CCNc1c(C(N)=O)c(N)nn1C.CCc1nc2cccc(C#CCN3CCCC3=O)c2c(=O)n1-c1ccccc1. The molecule has 42 heavy (non-hydrogen) atoms. The number of likely N-dealkylation sites (tertiary alicyclic amines) is 1. The zero-order chi connectivity index (χ0) is 30.2. The molecule has 11 heteroatoms. The number of hydrogen-bond acceptors (Lipinski definition) is 7. The van der Waals surface area contributed by atoms with E-state index in [0.717, 1.165) is 24.5 Å². The smallest absolute Gasteiger partial charge is 0.267 e. The third-order valence-electron chi connectivity index (χ3n) is 6.70. The first kappa shape index (κ1) is 29.6. The Balaban J connectivity index is 0.000000244. The molecule has 3 heterocycles. The molecule has 5 rings (SSSR count). The number of primary amides is 1. The Hall–Kier alpha value is -5.37. The number of anilines is 2. The van der Waals surface area contributed by atoms with E-state index in [4.69, 9.17) is 16.5 Å². The largest absolute Gasteiger partial charge is 0.381 e. The number of carbonyl (C=O) groups is 2. The number of amides is 2. The predicted octanol–water partition coefficient (Wildman–Crippen LogP) is 2.62. The lowest BCUT2D eigenvalue weighted by Gasteiger charge is -2.13. The van der Waals surface area contributed by atoms with E-state index >= 15 is 0 Å². The van der Waals surface area contributed by atoms with Crippen LogP contribution in [-0.2, 0) is 18.3 Å². The summed E-state index contributed by atoms with van der Waals surface area (Å²) in [5.41, 5.74) is 12.9. The number of carbonyl (C=O) groups excluding carboxylic acids is 2. The van der Waals surface area contributed by atoms with Gasteiger partial charge in [0.1, 0.15) is 17.2 Å². The average Bonchev–Trinajstić information content (AvgIpc) is 3.52. The van der Waals surface area contributed by atoms with E-state index < -0.39 is 5.91 Å². The minimum absolute atomic E-state index is 0.116. The Labute approximate surface area is 243 Å². The average molecular weight is 567 g/mol. The van der Waals surface area contributed by atoms with Gasteiger partial charge in [0.25, 0.3) is 11.5 Å². The fraction of sp³-hybridized carbons (Fsp3) is 0.258. The molecule has 1 aliphatic heterocycles. The van der Waals surface area contributed by atoms with Crippen LogP contribution < -0.4 is 22.3 Å². The molecule has 216 valence electrons. The maximum absolute atomic E-state index is 13.4. The fourth-order valence-electron chi connectivity index (χ4n) is 4.72. The summed E-state index contributed by atoms with van der Waals surface area (Å²) >= 11 is 0. The monoisotopic (exact) mass is 566 g/mol. The molecule has 11 nitrogen and oxygen atoms in total. The molecule has 2 amide bonds. The maximum Gasteiger partial charge on any atom is 0.267 e. The summed E-state index contributed by atoms with van der Waals surface area (Å²) in [6.45, 7) is 7.20. The molecule has 0 unspecified atom stereocenters. The number of hydrogen-bond donors (Lipinski definition) is 3. The minimum atomic E-state index is -0.595. The van der Waals surface area contributed by atoms with Gasteiger partial charge in [-0.25, -0.2) is 4.98 Å². The van der Waals surface area contributed by atoms with Crippen LogP contribution in [0.5, 0.6) is 0 Å². The molecule has 0 saturated carbocycles. The van der Waals surface area contributed by atoms with E-state index in [1.807, 2.05) is 55.5 Å². The Morgan fingerprint density at radius 3 is 2.57 bits per heavy atom. The molecule has 2 aromatic carbocycles. The second kappa shape index (κ2) is 13.3. The van der Waals surface area contributed by atoms with Crippen LogP contribution in [0.4, 0.5) is 11.6 Å². The molecule has 0 bridgehead atoms. The lowest BCUT2D eigenvalue weighted by molar-refractivity contribution is -0.127. The highest BCUT2D eigenvalue weighted by atomic mass is 16.2. The highest BCUT2D eigenvalue weighted by molar-refractivity contribution is 6.02. The highest BCUT2D eigenvalue weighted by Crippen LogP contribution is 2.20. The maximum atomic E-state index is 13.4. The fourth-order valence-corrected chi connectivity index (χ4v) is 4.72. The van der Waals surface area contributed by atoms with Gasteiger partial charge < -0.3 is 21.7 Å². The van der Waals surface area contributed by atoms with Crippen molar-refractivity contribution in [3.8, 4) is 17.5 Å². The van der Waals surface area contributed by atoms with Crippen LogP contribution in [0.2, 0.25) is 0 Å². The molecule has 4 aromatic rings. The Morgan fingerprint density at radius 2 is 1.93 bits per heavy atom. The van der Waals surface area contributed by atoms with Crippen LogP contribution in [0, 0.1) is 11.8 Å². The van der Waals surface area contributed by atoms with Crippen LogP contribution in [0.25, 0.3) is 16.6 Å². The summed E-state index contributed by atoms with van der Waals surface area (Å²) in [6, 6.07) is 15.1. The molecule has 2 aromatic heterocycles. The number of benzene rings is 2. The summed E-state index contributed by atoms with van der Waals surface area (Å²) in [6.07, 6.45) is 3.79. The summed E-state index contributed by atoms with van der Waals surface area (Å²) in [7, 11) is 1.67. The second-order valence-electron chi connectivity index (χ2n) is 9.54. The lowest BCUT2D eigenvalue weighted by atomic mass is 10.1. The van der Waals surface area contributed by atoms with E-state index in [1.54, 1.807) is 22.6 Å². The van der Waals surface area contributed by atoms with E-state index in [0.29, 0.717) is 48.2 Å². The molecule has 5 N–H and O–H groups in total. The Bertz CT molecular complexity index is 1750. The molecule has 0 spiro atoms. The molecular formula is C31H34N8O3. The highest BCUT2D eigenvalue weighted by Gasteiger charge is 2.19. The number of fused-ring (bicyclic) bond motifs is 1. The number of nitrogen functional groups attached to an aromatic ring is 1. The summed E-state index contributed by atoms with van der Waals surface area (Å²) < 4.78 is 3.14. The molecule has 0 aliphatic carbocycles. The van der Waals surface area contributed by atoms with Gasteiger partial charge >= 0.3 is 0 Å². The standard InChI is InChI=1S/C23H21N3O2.C8H13N5O/c1-2-20-24-19-13-6-9-17(10-7-15-25-16-8-14-21(25)27)22(19)23(28)26(20)18-11-4-3-5-12-18;1-3-4-11-8-5(7(10)14)6(9)12-13(8)2/h3-6,9,11-13H,2,8,14-16H2,1H3;3,11H,1,4H2,2H3,(H2,9,12)(H2,10,14). The van der Waals surface area contributed by atoms with Crippen molar-refractivity contribution in [3.05, 3.63) is 88.5 Å². The van der Waals surface area contributed by atoms with Crippen molar-refractivity contribution in [2.45, 2.75) is 26.2 Å². The van der Waals surface area contributed by atoms with Gasteiger partial charge in [0.05, 0.1) is 23.1 Å². The van der Waals surface area contributed by atoms with Gasteiger partial charge in [-0.2, -0.15) is 5.10 Å². The van der Waals surface area contributed by atoms with Crippen LogP contribution in [0.3, 0.4) is 0 Å². The van der Waals surface area contributed by atoms with Gasteiger partial charge in [0.2, 0.25) is 5.91 Å². The minimum Gasteiger partial charge on any atom is -0.381 e. The quantitative estimate of drug-likeness (QED) is 0.229. The van der Waals surface area contributed by atoms with Gasteiger partial charge in [0.15, 0.2) is 5.82 Å². The van der Waals surface area contributed by atoms with Crippen molar-refractivity contribution < 1.29 is 9.59 Å². The van der Waals surface area contributed by atoms with E-state index in [1.165, 1.54) is 4.68 Å². The number of nitrogens with zero attached hydrogens (tertiary/aromatic N) is 5. The number of aryl methyl sites for hydroxylation is 2. The van der Waals surface area contributed by atoms with Crippen LogP contribution in [-0.4, -0.2) is 55.7 Å². The first-order valence-corrected chi connectivity index (χ1v) is 13.6. The third-order valence-corrected chi connectivity index (χ3v) is 6.70. The summed E-state index contributed by atoms with van der Waals surface area (Å²) in [5, 5.41) is 7.33. The van der Waals surface area contributed by atoms with E-state index in [2.05, 4.69) is 28.8 Å². The number of aromatic nitrogens is 4. The molecule has 1 fully saturated rings. The molecule has 1 aliphatic rings. The lowest BCUT2D eigenvalue weighted by Crippen LogP contribution is -2.25. The van der Waals surface area contributed by atoms with Crippen LogP contribution in [0.1, 0.15) is 41.5 Å². The van der Waals surface area contributed by atoms with Gasteiger partial charge in [-0.1, -0.05) is 49.1 Å². The van der Waals surface area contributed by atoms with Crippen molar-refractivity contribution in [2.24, 2.45) is 12.8 Å². The second-order valence-corrected chi connectivity index (χ2v) is 9.54. The van der Waals surface area contributed by atoms with Gasteiger partial charge in [-0.05, 0) is 30.7 Å².